The van der Waals surface area contributed by atoms with Crippen LogP contribution >= 0.6 is 0 Å². The quantitative estimate of drug-likeness (QED) is 0.454. The van der Waals surface area contributed by atoms with Crippen LogP contribution in [0.5, 0.6) is 5.75 Å². The van der Waals surface area contributed by atoms with Crippen LogP contribution in [0.4, 0.5) is 5.69 Å². The van der Waals surface area contributed by atoms with Gasteiger partial charge in [-0.3, -0.25) is 4.79 Å². The van der Waals surface area contributed by atoms with Gasteiger partial charge in [-0.1, -0.05) is 17.3 Å². The molecule has 0 aliphatic carbocycles. The molecule has 0 atom stereocenters. The molecule has 0 fully saturated rings. The smallest absolute Gasteiger partial charge is 0.278 e. The van der Waals surface area contributed by atoms with Crippen LogP contribution in [0.3, 0.4) is 0 Å². The van der Waals surface area contributed by atoms with Gasteiger partial charge in [-0.15, -0.1) is 0 Å². The van der Waals surface area contributed by atoms with Gasteiger partial charge >= 0.3 is 0 Å². The highest BCUT2D eigenvalue weighted by Gasteiger charge is 2.23. The highest BCUT2D eigenvalue weighted by molar-refractivity contribution is 6.04. The standard InChI is InChI=1S/C24H28N6O3/c1-14-8-7-9-20(10-14)32-12-21-19(6)33-28-23(21)24(31)25-22-17(4)27-30(18(22)5)13-29-16(3)11-15(2)26-29/h7-11H,12-13H2,1-6H3,(H,25,31). The lowest BCUT2D eigenvalue weighted by Gasteiger charge is -2.09. The van der Waals surface area contributed by atoms with Gasteiger partial charge in [0.05, 0.1) is 28.3 Å². The minimum absolute atomic E-state index is 0.177. The molecule has 172 valence electrons. The summed E-state index contributed by atoms with van der Waals surface area (Å²) in [4.78, 5) is 13.1. The molecule has 0 aliphatic rings. The Bertz CT molecular complexity index is 1310. The van der Waals surface area contributed by atoms with Crippen molar-refractivity contribution in [3.63, 3.8) is 0 Å². The highest BCUT2D eigenvalue weighted by Crippen LogP contribution is 2.23. The normalized spacial score (nSPS) is 11.1. The van der Waals surface area contributed by atoms with Crippen LogP contribution in [-0.4, -0.2) is 30.6 Å². The van der Waals surface area contributed by atoms with E-state index in [1.54, 1.807) is 6.92 Å². The summed E-state index contributed by atoms with van der Waals surface area (Å²) in [6.07, 6.45) is 0. The van der Waals surface area contributed by atoms with Gasteiger partial charge in [0.2, 0.25) is 0 Å². The molecule has 1 aromatic carbocycles. The SMILES string of the molecule is Cc1cccc(OCc2c(C(=O)Nc3c(C)nn(Cn4nc(C)cc4C)c3C)noc2C)c1. The molecule has 0 radical (unpaired) electrons. The summed E-state index contributed by atoms with van der Waals surface area (Å²) in [6.45, 7) is 12.1. The summed E-state index contributed by atoms with van der Waals surface area (Å²) in [5.74, 6) is 0.895. The van der Waals surface area contributed by atoms with Crippen LogP contribution in [0, 0.1) is 41.5 Å². The first kappa shape index (κ1) is 22.3. The van der Waals surface area contributed by atoms with Crippen molar-refractivity contribution in [2.24, 2.45) is 0 Å². The number of aryl methyl sites for hydroxylation is 5. The molecule has 0 saturated carbocycles. The molecule has 4 aromatic rings. The third-order valence-corrected chi connectivity index (χ3v) is 5.56. The Labute approximate surface area is 192 Å². The topological polar surface area (TPSA) is 100 Å². The Hall–Kier alpha value is -3.88. The summed E-state index contributed by atoms with van der Waals surface area (Å²) >= 11 is 0. The van der Waals surface area contributed by atoms with Crippen molar-refractivity contribution in [3.8, 4) is 5.75 Å². The fourth-order valence-corrected chi connectivity index (χ4v) is 3.73. The number of nitrogens with zero attached hydrogens (tertiary/aromatic N) is 5. The Balaban J connectivity index is 1.52. The second-order valence-electron chi connectivity index (χ2n) is 8.24. The largest absolute Gasteiger partial charge is 0.489 e. The number of amides is 1. The summed E-state index contributed by atoms with van der Waals surface area (Å²) in [5.41, 5.74) is 6.07. The highest BCUT2D eigenvalue weighted by atomic mass is 16.5. The van der Waals surface area contributed by atoms with Crippen LogP contribution in [0.1, 0.15) is 50.2 Å². The van der Waals surface area contributed by atoms with Crippen molar-refractivity contribution in [2.45, 2.75) is 54.8 Å². The minimum Gasteiger partial charge on any atom is -0.489 e. The number of carbonyl (C=O) groups excluding carboxylic acids is 1. The average molecular weight is 449 g/mol. The van der Waals surface area contributed by atoms with Crippen LogP contribution in [-0.2, 0) is 13.3 Å². The predicted molar refractivity (Wildman–Crippen MR) is 124 cm³/mol. The molecule has 3 heterocycles. The number of benzene rings is 1. The Morgan fingerprint density at radius 3 is 2.55 bits per heavy atom. The molecule has 0 bridgehead atoms. The van der Waals surface area contributed by atoms with Gasteiger partial charge in [-0.25, -0.2) is 9.36 Å². The molecule has 1 N–H and O–H groups in total. The fraction of sp³-hybridized carbons (Fsp3) is 0.333. The number of nitrogens with one attached hydrogen (secondary N) is 1. The van der Waals surface area contributed by atoms with E-state index in [1.807, 2.05) is 74.3 Å². The Morgan fingerprint density at radius 2 is 1.85 bits per heavy atom. The molecule has 0 saturated heterocycles. The lowest BCUT2D eigenvalue weighted by Crippen LogP contribution is -2.17. The van der Waals surface area contributed by atoms with E-state index in [1.165, 1.54) is 0 Å². The van der Waals surface area contributed by atoms with Crippen LogP contribution in [0.15, 0.2) is 34.9 Å². The number of ether oxygens (including phenoxy) is 1. The van der Waals surface area contributed by atoms with Gasteiger partial charge in [0.15, 0.2) is 5.69 Å². The number of aromatic nitrogens is 5. The van der Waals surface area contributed by atoms with E-state index >= 15 is 0 Å². The van der Waals surface area contributed by atoms with E-state index in [-0.39, 0.29) is 18.2 Å². The van der Waals surface area contributed by atoms with Gasteiger partial charge < -0.3 is 14.6 Å². The van der Waals surface area contributed by atoms with Crippen molar-refractivity contribution in [1.29, 1.82) is 0 Å². The van der Waals surface area contributed by atoms with Crippen LogP contribution in [0.2, 0.25) is 0 Å². The molecule has 9 heteroatoms. The molecule has 9 nitrogen and oxygen atoms in total. The second-order valence-corrected chi connectivity index (χ2v) is 8.24. The number of rotatable bonds is 7. The maximum Gasteiger partial charge on any atom is 0.278 e. The second kappa shape index (κ2) is 8.93. The van der Waals surface area contributed by atoms with Gasteiger partial charge in [-0.2, -0.15) is 10.2 Å². The van der Waals surface area contributed by atoms with E-state index in [9.17, 15) is 4.79 Å². The number of hydrogen-bond donors (Lipinski definition) is 1. The lowest BCUT2D eigenvalue weighted by atomic mass is 10.2. The van der Waals surface area contributed by atoms with Gasteiger partial charge in [0.1, 0.15) is 24.8 Å². The molecule has 4 rings (SSSR count). The third-order valence-electron chi connectivity index (χ3n) is 5.56. The molecule has 0 aliphatic heterocycles. The van der Waals surface area contributed by atoms with E-state index < -0.39 is 0 Å². The van der Waals surface area contributed by atoms with Crippen molar-refractivity contribution in [2.75, 3.05) is 5.32 Å². The predicted octanol–water partition coefficient (Wildman–Crippen LogP) is 4.26. The lowest BCUT2D eigenvalue weighted by molar-refractivity contribution is 0.101. The molecule has 3 aromatic heterocycles. The zero-order valence-electron chi connectivity index (χ0n) is 19.8. The first-order valence-electron chi connectivity index (χ1n) is 10.7. The summed E-state index contributed by atoms with van der Waals surface area (Å²) in [6, 6.07) is 9.75. The third kappa shape index (κ3) is 4.67. The van der Waals surface area contributed by atoms with Crippen molar-refractivity contribution in [1.82, 2.24) is 24.7 Å². The zero-order chi connectivity index (χ0) is 23.7. The maximum atomic E-state index is 13.1. The molecular weight excluding hydrogens is 420 g/mol. The maximum absolute atomic E-state index is 13.1. The summed E-state index contributed by atoms with van der Waals surface area (Å²) in [7, 11) is 0. The van der Waals surface area contributed by atoms with Crippen molar-refractivity contribution in [3.05, 3.63) is 75.7 Å². The Morgan fingerprint density at radius 1 is 1.06 bits per heavy atom. The van der Waals surface area contributed by atoms with Crippen LogP contribution in [0.25, 0.3) is 0 Å². The Kier molecular flexibility index (Phi) is 6.04. The summed E-state index contributed by atoms with van der Waals surface area (Å²) < 4.78 is 14.9. The number of anilines is 1. The van der Waals surface area contributed by atoms with Crippen LogP contribution < -0.4 is 10.1 Å². The van der Waals surface area contributed by atoms with Crippen molar-refractivity contribution < 1.29 is 14.1 Å². The molecule has 0 unspecified atom stereocenters. The molecule has 1 amide bonds. The van der Waals surface area contributed by atoms with Gasteiger partial charge in [-0.05, 0) is 65.3 Å². The van der Waals surface area contributed by atoms with E-state index in [0.29, 0.717) is 29.4 Å². The monoisotopic (exact) mass is 448 g/mol. The number of carbonyl (C=O) groups is 1. The first-order chi connectivity index (χ1) is 15.7. The van der Waals surface area contributed by atoms with Crippen molar-refractivity contribution >= 4 is 11.6 Å². The molecular formula is C24H28N6O3. The minimum atomic E-state index is -0.369. The number of hydrogen-bond acceptors (Lipinski definition) is 6. The fourth-order valence-electron chi connectivity index (χ4n) is 3.73. The van der Waals surface area contributed by atoms with E-state index in [0.717, 1.165) is 28.4 Å². The van der Waals surface area contributed by atoms with E-state index in [4.69, 9.17) is 9.26 Å². The summed E-state index contributed by atoms with van der Waals surface area (Å²) in [5, 5.41) is 16.0. The van der Waals surface area contributed by atoms with Gasteiger partial charge in [0.25, 0.3) is 5.91 Å². The zero-order valence-corrected chi connectivity index (χ0v) is 19.8. The first-order valence-corrected chi connectivity index (χ1v) is 10.7. The molecule has 33 heavy (non-hydrogen) atoms. The van der Waals surface area contributed by atoms with Gasteiger partial charge in [0, 0.05) is 5.69 Å². The van der Waals surface area contributed by atoms with E-state index in [2.05, 4.69) is 20.7 Å². The molecule has 0 spiro atoms. The average Bonchev–Trinajstić information content (AvgIpc) is 3.37.